The van der Waals surface area contributed by atoms with E-state index < -0.39 is 11.5 Å². The number of amides is 1. The van der Waals surface area contributed by atoms with Crippen LogP contribution in [0.25, 0.3) is 11.8 Å². The number of aliphatic hydroxyl groups is 1. The molecule has 3 aromatic rings. The standard InChI is InChI=1S/C28H29N3O2/c29-26(32)24-9-5-4-6-19(24)12-14-27(33)15-13-22-16-25-20(17-28(22,27)21-10-11-21)18-30-31(25)23-7-2-1-3-8-23/h1-9,16,18,21,33H,10-15,17H2,(H2,29,32)/t27-,28+/m0/s1. The molecule has 0 saturated heterocycles. The van der Waals surface area contributed by atoms with Gasteiger partial charge in [-0.15, -0.1) is 0 Å². The molecule has 0 aliphatic heterocycles. The molecule has 1 heterocycles. The molecule has 0 radical (unpaired) electrons. The summed E-state index contributed by atoms with van der Waals surface area (Å²) in [4.78, 5) is 11.9. The fourth-order valence-electron chi connectivity index (χ4n) is 6.52. The Labute approximate surface area is 193 Å². The van der Waals surface area contributed by atoms with Crippen LogP contribution >= 0.6 is 0 Å². The van der Waals surface area contributed by atoms with Crippen molar-refractivity contribution in [1.82, 2.24) is 9.78 Å². The maximum atomic E-state index is 12.2. The van der Waals surface area contributed by atoms with E-state index in [0.717, 1.165) is 36.2 Å². The molecular weight excluding hydrogens is 410 g/mol. The first-order chi connectivity index (χ1) is 16.0. The maximum absolute atomic E-state index is 12.2. The van der Waals surface area contributed by atoms with Crippen LogP contribution < -0.4 is 5.73 Å². The molecule has 0 spiro atoms. The van der Waals surface area contributed by atoms with Gasteiger partial charge in [0.15, 0.2) is 0 Å². The normalized spacial score (nSPS) is 25.9. The lowest BCUT2D eigenvalue weighted by Crippen LogP contribution is -2.49. The first kappa shape index (κ1) is 20.4. The highest BCUT2D eigenvalue weighted by atomic mass is 16.3. The molecule has 6 rings (SSSR count). The number of aromatic nitrogens is 2. The first-order valence-corrected chi connectivity index (χ1v) is 12.0. The zero-order valence-electron chi connectivity index (χ0n) is 18.7. The van der Waals surface area contributed by atoms with Gasteiger partial charge in [-0.1, -0.05) is 42.0 Å². The predicted molar refractivity (Wildman–Crippen MR) is 128 cm³/mol. The number of hydrogen-bond acceptors (Lipinski definition) is 3. The second kappa shape index (κ2) is 7.42. The largest absolute Gasteiger partial charge is 0.389 e. The van der Waals surface area contributed by atoms with E-state index >= 15 is 0 Å². The van der Waals surface area contributed by atoms with Gasteiger partial charge in [0.05, 0.1) is 23.2 Å². The van der Waals surface area contributed by atoms with E-state index in [4.69, 9.17) is 10.8 Å². The van der Waals surface area contributed by atoms with Gasteiger partial charge in [0.1, 0.15) is 0 Å². The summed E-state index contributed by atoms with van der Waals surface area (Å²) in [5.74, 6) is 0.105. The van der Waals surface area contributed by atoms with Crippen LogP contribution in [0.3, 0.4) is 0 Å². The van der Waals surface area contributed by atoms with Crippen molar-refractivity contribution >= 4 is 12.0 Å². The van der Waals surface area contributed by atoms with E-state index in [1.54, 1.807) is 6.07 Å². The molecule has 0 unspecified atom stereocenters. The van der Waals surface area contributed by atoms with Gasteiger partial charge < -0.3 is 10.8 Å². The zero-order valence-corrected chi connectivity index (χ0v) is 18.7. The molecule has 2 atom stereocenters. The van der Waals surface area contributed by atoms with Crippen molar-refractivity contribution in [3.63, 3.8) is 0 Å². The molecule has 1 amide bonds. The molecule has 3 N–H and O–H groups in total. The van der Waals surface area contributed by atoms with Crippen molar-refractivity contribution in [2.24, 2.45) is 17.1 Å². The third-order valence-electron chi connectivity index (χ3n) is 8.24. The Morgan fingerprint density at radius 1 is 1.12 bits per heavy atom. The van der Waals surface area contributed by atoms with E-state index in [2.05, 4.69) is 18.2 Å². The van der Waals surface area contributed by atoms with Gasteiger partial charge in [0.2, 0.25) is 5.91 Å². The lowest BCUT2D eigenvalue weighted by molar-refractivity contribution is -0.0661. The topological polar surface area (TPSA) is 81.1 Å². The second-order valence-electron chi connectivity index (χ2n) is 9.95. The molecule has 2 aromatic carbocycles. The minimum atomic E-state index is -0.794. The molecule has 5 heteroatoms. The maximum Gasteiger partial charge on any atom is 0.248 e. The van der Waals surface area contributed by atoms with Gasteiger partial charge in [-0.25, -0.2) is 4.68 Å². The lowest BCUT2D eigenvalue weighted by Gasteiger charge is -2.46. The Bertz CT molecular complexity index is 1260. The molecule has 2 fully saturated rings. The minimum Gasteiger partial charge on any atom is -0.389 e. The fourth-order valence-corrected chi connectivity index (χ4v) is 6.52. The summed E-state index contributed by atoms with van der Waals surface area (Å²) in [7, 11) is 0. The number of carbonyl (C=O) groups excluding carboxylic acids is 1. The number of benzene rings is 2. The van der Waals surface area contributed by atoms with E-state index in [0.29, 0.717) is 24.3 Å². The summed E-state index contributed by atoms with van der Waals surface area (Å²) in [6.45, 7) is 0. The number of nitrogens with two attached hydrogens (primary N) is 1. The van der Waals surface area contributed by atoms with Crippen molar-refractivity contribution in [3.8, 4) is 5.69 Å². The van der Waals surface area contributed by atoms with E-state index in [-0.39, 0.29) is 5.41 Å². The molecule has 3 aliphatic carbocycles. The molecule has 3 aliphatic rings. The van der Waals surface area contributed by atoms with Gasteiger partial charge in [-0.3, -0.25) is 4.79 Å². The van der Waals surface area contributed by atoms with Crippen LogP contribution in [0.15, 0.2) is 66.4 Å². The molecule has 33 heavy (non-hydrogen) atoms. The summed E-state index contributed by atoms with van der Waals surface area (Å²) in [5, 5.41) is 16.9. The van der Waals surface area contributed by atoms with E-state index in [1.165, 1.54) is 24.0 Å². The average molecular weight is 440 g/mol. The minimum absolute atomic E-state index is 0.230. The van der Waals surface area contributed by atoms with Crippen molar-refractivity contribution in [2.45, 2.75) is 50.5 Å². The number of carbonyl (C=O) groups is 1. The number of primary amides is 1. The van der Waals surface area contributed by atoms with Gasteiger partial charge in [0.25, 0.3) is 0 Å². The lowest BCUT2D eigenvalue weighted by atomic mass is 9.61. The molecule has 2 saturated carbocycles. The van der Waals surface area contributed by atoms with E-state index in [9.17, 15) is 9.90 Å². The Morgan fingerprint density at radius 2 is 1.88 bits per heavy atom. The van der Waals surface area contributed by atoms with Gasteiger partial charge in [-0.2, -0.15) is 5.10 Å². The smallest absolute Gasteiger partial charge is 0.248 e. The van der Waals surface area contributed by atoms with Crippen molar-refractivity contribution in [2.75, 3.05) is 0 Å². The molecule has 168 valence electrons. The number of nitrogens with zero attached hydrogens (tertiary/aromatic N) is 2. The van der Waals surface area contributed by atoms with Crippen LogP contribution in [0.2, 0.25) is 0 Å². The number of para-hydroxylation sites is 1. The zero-order chi connectivity index (χ0) is 22.6. The molecule has 5 nitrogen and oxygen atoms in total. The average Bonchev–Trinajstić information content (AvgIpc) is 3.55. The summed E-state index contributed by atoms with van der Waals surface area (Å²) < 4.78 is 2.03. The van der Waals surface area contributed by atoms with Crippen LogP contribution in [0.4, 0.5) is 0 Å². The van der Waals surface area contributed by atoms with Crippen LogP contribution in [0.5, 0.6) is 0 Å². The number of rotatable bonds is 6. The third-order valence-corrected chi connectivity index (χ3v) is 8.24. The van der Waals surface area contributed by atoms with Gasteiger partial charge in [0, 0.05) is 11.0 Å². The number of hydrogen-bond donors (Lipinski definition) is 2. The van der Waals surface area contributed by atoms with Crippen LogP contribution in [-0.2, 0) is 12.8 Å². The Kier molecular flexibility index (Phi) is 4.59. The summed E-state index contributed by atoms with van der Waals surface area (Å²) in [5.41, 5.74) is 10.9. The fraction of sp³-hybridized carbons (Fsp3) is 0.357. The highest BCUT2D eigenvalue weighted by Gasteiger charge is 2.63. The monoisotopic (exact) mass is 439 g/mol. The number of fused-ring (bicyclic) bond motifs is 2. The van der Waals surface area contributed by atoms with Crippen LogP contribution in [0, 0.1) is 11.3 Å². The second-order valence-corrected chi connectivity index (χ2v) is 9.95. The van der Waals surface area contributed by atoms with Crippen molar-refractivity contribution in [1.29, 1.82) is 0 Å². The van der Waals surface area contributed by atoms with Gasteiger partial charge >= 0.3 is 0 Å². The molecular formula is C28H29N3O2. The summed E-state index contributed by atoms with van der Waals surface area (Å²) >= 11 is 0. The Morgan fingerprint density at radius 3 is 2.64 bits per heavy atom. The van der Waals surface area contributed by atoms with Crippen LogP contribution in [-0.4, -0.2) is 26.4 Å². The van der Waals surface area contributed by atoms with Gasteiger partial charge in [-0.05, 0) is 86.3 Å². The van der Waals surface area contributed by atoms with Crippen LogP contribution in [0.1, 0.15) is 59.3 Å². The summed E-state index contributed by atoms with van der Waals surface area (Å²) in [6, 6.07) is 17.8. The van der Waals surface area contributed by atoms with E-state index in [1.807, 2.05) is 47.3 Å². The SMILES string of the molecule is NC(=O)c1ccccc1CC[C@]1(O)CCC2=Cc3c(cnn3-c3ccccc3)C[C@@]21C1CC1. The quantitative estimate of drug-likeness (QED) is 0.595. The third kappa shape index (κ3) is 3.10. The Balaban J connectivity index is 1.36. The molecule has 0 bridgehead atoms. The molecule has 1 aromatic heterocycles. The highest BCUT2D eigenvalue weighted by Crippen LogP contribution is 2.66. The predicted octanol–water partition coefficient (Wildman–Crippen LogP) is 4.46. The van der Waals surface area contributed by atoms with Crippen molar-refractivity contribution in [3.05, 3.63) is 88.8 Å². The first-order valence-electron chi connectivity index (χ1n) is 12.0. The highest BCUT2D eigenvalue weighted by molar-refractivity contribution is 5.94. The van der Waals surface area contributed by atoms with Crippen molar-refractivity contribution < 1.29 is 9.90 Å². The Hall–Kier alpha value is -3.18. The number of aryl methyl sites for hydroxylation is 1. The summed E-state index contributed by atoms with van der Waals surface area (Å²) in [6.07, 6.45) is 10.4.